The molecule has 0 aliphatic carbocycles. The summed E-state index contributed by atoms with van der Waals surface area (Å²) in [5, 5.41) is 2.61. The molecule has 66 valence electrons. The predicted molar refractivity (Wildman–Crippen MR) is 55.1 cm³/mol. The molecule has 0 saturated heterocycles. The van der Waals surface area contributed by atoms with Gasteiger partial charge in [-0.3, -0.25) is 4.79 Å². The van der Waals surface area contributed by atoms with Gasteiger partial charge in [0.2, 0.25) is 5.91 Å². The second kappa shape index (κ2) is 8.51. The summed E-state index contributed by atoms with van der Waals surface area (Å²) in [5.41, 5.74) is 5.85. The molecule has 13 heavy (non-hydrogen) atoms. The van der Waals surface area contributed by atoms with Gasteiger partial charge in [0.25, 0.3) is 0 Å². The van der Waals surface area contributed by atoms with Crippen molar-refractivity contribution in [3.8, 4) is 0 Å². The van der Waals surface area contributed by atoms with Crippen molar-refractivity contribution >= 4 is 49.3 Å². The Morgan fingerprint density at radius 3 is 2.46 bits per heavy atom. The zero-order chi connectivity index (χ0) is 8.10. The minimum absolute atomic E-state index is 0. The van der Waals surface area contributed by atoms with Crippen LogP contribution in [0, 0.1) is 13.5 Å². The second-order valence-corrected chi connectivity index (χ2v) is 2.04. The molecule has 0 heterocycles. The van der Waals surface area contributed by atoms with Crippen molar-refractivity contribution in [3.05, 3.63) is 37.8 Å². The van der Waals surface area contributed by atoms with Gasteiger partial charge in [-0.25, -0.2) is 0 Å². The Hall–Kier alpha value is -0.0903. The van der Waals surface area contributed by atoms with Gasteiger partial charge in [0.05, 0.1) is 6.54 Å². The first kappa shape index (κ1) is 15.4. The molecule has 0 aliphatic heterocycles. The van der Waals surface area contributed by atoms with Crippen molar-refractivity contribution in [2.75, 3.05) is 11.9 Å². The Morgan fingerprint density at radius 1 is 1.46 bits per heavy atom. The van der Waals surface area contributed by atoms with Crippen molar-refractivity contribution in [2.45, 2.75) is 0 Å². The van der Waals surface area contributed by atoms with E-state index in [4.69, 9.17) is 5.73 Å². The minimum Gasteiger partial charge on any atom is -0.358 e. The number of anilines is 1. The van der Waals surface area contributed by atoms with Gasteiger partial charge in [-0.2, -0.15) is 18.2 Å². The normalized spacial score (nSPS) is 7.77. The molecule has 1 aromatic rings. The van der Waals surface area contributed by atoms with E-state index in [1.165, 1.54) is 0 Å². The topological polar surface area (TPSA) is 55.1 Å². The van der Waals surface area contributed by atoms with Crippen LogP contribution in [0.5, 0.6) is 0 Å². The van der Waals surface area contributed by atoms with Crippen LogP contribution in [0.1, 0.15) is 0 Å². The molecule has 0 aliphatic rings. The van der Waals surface area contributed by atoms with E-state index in [0.29, 0.717) is 0 Å². The van der Waals surface area contributed by atoms with Crippen molar-refractivity contribution in [1.29, 1.82) is 0 Å². The van der Waals surface area contributed by atoms with Crippen LogP contribution >= 0.6 is 0 Å². The van der Waals surface area contributed by atoms with Crippen LogP contribution in [0.3, 0.4) is 0 Å². The van der Waals surface area contributed by atoms with Crippen LogP contribution in [0.15, 0.2) is 24.3 Å². The molecule has 1 amide bonds. The van der Waals surface area contributed by atoms with Gasteiger partial charge >= 0.3 is 37.7 Å². The van der Waals surface area contributed by atoms with Crippen LogP contribution in [-0.2, 0) is 4.79 Å². The van der Waals surface area contributed by atoms with Crippen molar-refractivity contribution in [3.63, 3.8) is 0 Å². The molecule has 0 unspecified atom stereocenters. The average molecular weight is 204 g/mol. The van der Waals surface area contributed by atoms with E-state index in [2.05, 4.69) is 11.4 Å². The molecule has 3 nitrogen and oxygen atoms in total. The first-order chi connectivity index (χ1) is 5.33. The van der Waals surface area contributed by atoms with Crippen LogP contribution in [0.4, 0.5) is 5.69 Å². The number of hydrogen-bond acceptors (Lipinski definition) is 2. The fourth-order valence-electron chi connectivity index (χ4n) is 0.682. The molecule has 0 bridgehead atoms. The van der Waals surface area contributed by atoms with Gasteiger partial charge in [-0.05, 0) is 0 Å². The predicted octanol–water partition coefficient (Wildman–Crippen LogP) is 0.453. The molecule has 0 saturated carbocycles. The Morgan fingerprint density at radius 2 is 2.00 bits per heavy atom. The summed E-state index contributed by atoms with van der Waals surface area (Å²) in [6, 6.07) is 9.81. The summed E-state index contributed by atoms with van der Waals surface area (Å²) in [4.78, 5) is 10.7. The zero-order valence-corrected chi connectivity index (χ0v) is 9.92. The number of amides is 1. The van der Waals surface area contributed by atoms with Crippen molar-refractivity contribution in [1.82, 2.24) is 0 Å². The Labute approximate surface area is 109 Å². The quantitative estimate of drug-likeness (QED) is 0.543. The number of rotatable bonds is 2. The number of nitrogens with two attached hydrogens (primary N) is 1. The summed E-state index contributed by atoms with van der Waals surface area (Å²) in [6.07, 6.45) is 0. The standard InChI is InChI=1S/C8H9N2O.CH3.Ca/c9-6-8(11)10-7-4-2-1-3-5-7;;/h2-5H,6,9H2,(H,10,11);1H3;/q2*-1;+2. The number of benzene rings is 1. The van der Waals surface area contributed by atoms with Gasteiger partial charge in [0, 0.05) is 0 Å². The molecule has 0 fully saturated rings. The van der Waals surface area contributed by atoms with Gasteiger partial charge in [-0.1, -0.05) is 5.69 Å². The summed E-state index contributed by atoms with van der Waals surface area (Å²) < 4.78 is 0. The number of nitrogens with one attached hydrogen (secondary N) is 1. The van der Waals surface area contributed by atoms with Crippen LogP contribution < -0.4 is 11.1 Å². The van der Waals surface area contributed by atoms with Gasteiger partial charge < -0.3 is 18.5 Å². The fourth-order valence-corrected chi connectivity index (χ4v) is 0.682. The fraction of sp³-hybridized carbons (Fsp3) is 0.111. The third-order valence-corrected chi connectivity index (χ3v) is 1.19. The summed E-state index contributed by atoms with van der Waals surface area (Å²) in [7, 11) is 0. The maximum absolute atomic E-state index is 10.7. The summed E-state index contributed by atoms with van der Waals surface area (Å²) in [5.74, 6) is -0.184. The van der Waals surface area contributed by atoms with E-state index in [0.717, 1.165) is 5.69 Å². The Bertz CT molecular complexity index is 239. The third-order valence-electron chi connectivity index (χ3n) is 1.19. The SMILES string of the molecule is NCC(=O)Nc1cc[c-]cc1.[CH3-].[Ca+2]. The maximum Gasteiger partial charge on any atom is 2.00 e. The van der Waals surface area contributed by atoms with Gasteiger partial charge in [-0.15, -0.1) is 12.1 Å². The molecule has 4 heteroatoms. The van der Waals surface area contributed by atoms with E-state index < -0.39 is 0 Å². The molecule has 0 spiro atoms. The Kier molecular flexibility index (Phi) is 10.1. The monoisotopic (exact) mass is 204 g/mol. The van der Waals surface area contributed by atoms with Crippen molar-refractivity contribution in [2.24, 2.45) is 5.73 Å². The zero-order valence-electron chi connectivity index (χ0n) is 7.71. The largest absolute Gasteiger partial charge is 2.00 e. The molecule has 3 N–H and O–H groups in total. The molecule has 0 aromatic heterocycles. The molecular formula is C9H12CaN2O. The summed E-state index contributed by atoms with van der Waals surface area (Å²) >= 11 is 0. The molecule has 1 rings (SSSR count). The number of carbonyl (C=O) groups is 1. The second-order valence-electron chi connectivity index (χ2n) is 2.04. The Balaban J connectivity index is 0. The minimum atomic E-state index is -0.184. The van der Waals surface area contributed by atoms with E-state index in [9.17, 15) is 4.79 Å². The molecule has 0 radical (unpaired) electrons. The molecular weight excluding hydrogens is 192 g/mol. The first-order valence-electron chi connectivity index (χ1n) is 3.29. The van der Waals surface area contributed by atoms with E-state index in [1.807, 2.05) is 0 Å². The van der Waals surface area contributed by atoms with Gasteiger partial charge in [0.1, 0.15) is 0 Å². The number of hydrogen-bond donors (Lipinski definition) is 2. The number of carbonyl (C=O) groups excluding carboxylic acids is 1. The van der Waals surface area contributed by atoms with E-state index in [-0.39, 0.29) is 57.6 Å². The first-order valence-corrected chi connectivity index (χ1v) is 3.29. The smallest absolute Gasteiger partial charge is 0.358 e. The molecule has 0 atom stereocenters. The van der Waals surface area contributed by atoms with E-state index in [1.54, 1.807) is 24.3 Å². The van der Waals surface area contributed by atoms with Crippen LogP contribution in [-0.4, -0.2) is 50.2 Å². The van der Waals surface area contributed by atoms with E-state index >= 15 is 0 Å². The van der Waals surface area contributed by atoms with Crippen LogP contribution in [0.25, 0.3) is 0 Å². The third kappa shape index (κ3) is 6.04. The van der Waals surface area contributed by atoms with Crippen molar-refractivity contribution < 1.29 is 4.79 Å². The summed E-state index contributed by atoms with van der Waals surface area (Å²) in [6.45, 7) is 0.0125. The van der Waals surface area contributed by atoms with Crippen LogP contribution in [0.2, 0.25) is 0 Å². The van der Waals surface area contributed by atoms with Gasteiger partial charge in [0.15, 0.2) is 0 Å². The maximum atomic E-state index is 10.7. The molecule has 1 aromatic carbocycles. The average Bonchev–Trinajstić information content (AvgIpc) is 2.06.